The third-order valence-electron chi connectivity index (χ3n) is 2.66. The van der Waals surface area contributed by atoms with Gasteiger partial charge >= 0.3 is 0 Å². The van der Waals surface area contributed by atoms with Gasteiger partial charge in [-0.05, 0) is 24.6 Å². The fourth-order valence-electron chi connectivity index (χ4n) is 1.67. The Morgan fingerprint density at radius 2 is 2.11 bits per heavy atom. The highest BCUT2D eigenvalue weighted by molar-refractivity contribution is 5.94. The van der Waals surface area contributed by atoms with Crippen LogP contribution < -0.4 is 10.1 Å². The molecule has 100 valence electrons. The summed E-state index contributed by atoms with van der Waals surface area (Å²) in [5.41, 5.74) is 1.52. The van der Waals surface area contributed by atoms with Gasteiger partial charge in [0, 0.05) is 24.8 Å². The molecule has 4 heteroatoms. The Hall–Kier alpha value is -1.55. The van der Waals surface area contributed by atoms with Crippen LogP contribution in [0.5, 0.6) is 5.75 Å². The second kappa shape index (κ2) is 7.71. The lowest BCUT2D eigenvalue weighted by Crippen LogP contribution is -2.24. The van der Waals surface area contributed by atoms with E-state index in [0.717, 1.165) is 24.2 Å². The summed E-state index contributed by atoms with van der Waals surface area (Å²) in [7, 11) is 3.23. The number of carbonyl (C=O) groups is 1. The lowest BCUT2D eigenvalue weighted by molar-refractivity contribution is 0.0952. The van der Waals surface area contributed by atoms with Gasteiger partial charge in [-0.25, -0.2) is 0 Å². The number of nitrogens with one attached hydrogen (secondary N) is 1. The monoisotopic (exact) mass is 251 g/mol. The zero-order chi connectivity index (χ0) is 13.4. The minimum Gasteiger partial charge on any atom is -0.496 e. The van der Waals surface area contributed by atoms with Crippen LogP contribution >= 0.6 is 0 Å². The maximum atomic E-state index is 11.9. The van der Waals surface area contributed by atoms with E-state index in [1.165, 1.54) is 0 Å². The van der Waals surface area contributed by atoms with Gasteiger partial charge in [-0.1, -0.05) is 13.3 Å². The molecule has 0 saturated carbocycles. The normalized spacial score (nSPS) is 10.2. The average Bonchev–Trinajstić information content (AvgIpc) is 2.39. The molecular formula is C14H21NO3. The Morgan fingerprint density at radius 3 is 2.72 bits per heavy atom. The Morgan fingerprint density at radius 1 is 1.33 bits per heavy atom. The standard InChI is InChI=1S/C14H21NO3/c1-4-5-8-15-14(16)11-6-7-13(18-3)12(9-11)10-17-2/h6-7,9H,4-5,8,10H2,1-3H3,(H,15,16). The molecule has 0 bridgehead atoms. The van der Waals surface area contributed by atoms with E-state index >= 15 is 0 Å². The van der Waals surface area contributed by atoms with Crippen molar-refractivity contribution in [3.8, 4) is 5.75 Å². The van der Waals surface area contributed by atoms with Crippen molar-refractivity contribution in [2.45, 2.75) is 26.4 Å². The molecule has 0 spiro atoms. The first kappa shape index (κ1) is 14.5. The van der Waals surface area contributed by atoms with Crippen molar-refractivity contribution in [2.24, 2.45) is 0 Å². The third kappa shape index (κ3) is 4.04. The highest BCUT2D eigenvalue weighted by atomic mass is 16.5. The summed E-state index contributed by atoms with van der Waals surface area (Å²) in [6.45, 7) is 3.23. The van der Waals surface area contributed by atoms with E-state index in [1.54, 1.807) is 26.4 Å². The van der Waals surface area contributed by atoms with Crippen LogP contribution in [-0.4, -0.2) is 26.7 Å². The molecule has 0 atom stereocenters. The maximum Gasteiger partial charge on any atom is 0.251 e. The van der Waals surface area contributed by atoms with Gasteiger partial charge in [-0.15, -0.1) is 0 Å². The Labute approximate surface area is 108 Å². The fraction of sp³-hybridized carbons (Fsp3) is 0.500. The van der Waals surface area contributed by atoms with E-state index in [4.69, 9.17) is 9.47 Å². The molecule has 0 heterocycles. The fourth-order valence-corrected chi connectivity index (χ4v) is 1.67. The van der Waals surface area contributed by atoms with Crippen LogP contribution in [0, 0.1) is 0 Å². The number of rotatable bonds is 7. The summed E-state index contributed by atoms with van der Waals surface area (Å²) in [5, 5.41) is 2.89. The second-order valence-electron chi connectivity index (χ2n) is 4.07. The Balaban J connectivity index is 2.76. The number of ether oxygens (including phenoxy) is 2. The van der Waals surface area contributed by atoms with Crippen LogP contribution in [0.3, 0.4) is 0 Å². The molecule has 4 nitrogen and oxygen atoms in total. The second-order valence-corrected chi connectivity index (χ2v) is 4.07. The number of benzene rings is 1. The summed E-state index contributed by atoms with van der Waals surface area (Å²) in [5.74, 6) is 0.686. The Bertz CT molecular complexity index is 391. The molecule has 0 aliphatic heterocycles. The SMILES string of the molecule is CCCCNC(=O)c1ccc(OC)c(COC)c1. The predicted octanol–water partition coefficient (Wildman–Crippen LogP) is 2.37. The molecule has 0 radical (unpaired) electrons. The molecule has 0 aliphatic rings. The molecule has 1 amide bonds. The molecule has 0 aliphatic carbocycles. The van der Waals surface area contributed by atoms with Gasteiger partial charge in [0.1, 0.15) is 5.75 Å². The van der Waals surface area contributed by atoms with Crippen LogP contribution in [0.15, 0.2) is 18.2 Å². The molecule has 18 heavy (non-hydrogen) atoms. The van der Waals surface area contributed by atoms with E-state index in [9.17, 15) is 4.79 Å². The maximum absolute atomic E-state index is 11.9. The van der Waals surface area contributed by atoms with Crippen LogP contribution in [-0.2, 0) is 11.3 Å². The van der Waals surface area contributed by atoms with E-state index in [1.807, 2.05) is 6.07 Å². The molecule has 1 rings (SSSR count). The number of unbranched alkanes of at least 4 members (excludes halogenated alkanes) is 1. The number of hydrogen-bond acceptors (Lipinski definition) is 3. The number of methoxy groups -OCH3 is 2. The molecular weight excluding hydrogens is 230 g/mol. The van der Waals surface area contributed by atoms with Gasteiger partial charge in [0.25, 0.3) is 5.91 Å². The van der Waals surface area contributed by atoms with E-state index < -0.39 is 0 Å². The van der Waals surface area contributed by atoms with Gasteiger partial charge in [0.05, 0.1) is 13.7 Å². The molecule has 1 aromatic carbocycles. The first-order valence-electron chi connectivity index (χ1n) is 6.17. The number of amides is 1. The van der Waals surface area contributed by atoms with Gasteiger partial charge < -0.3 is 14.8 Å². The van der Waals surface area contributed by atoms with Crippen LogP contribution in [0.25, 0.3) is 0 Å². The van der Waals surface area contributed by atoms with Gasteiger partial charge in [0.15, 0.2) is 0 Å². The summed E-state index contributed by atoms with van der Waals surface area (Å²) in [6.07, 6.45) is 2.06. The van der Waals surface area contributed by atoms with Gasteiger partial charge in [-0.2, -0.15) is 0 Å². The highest BCUT2D eigenvalue weighted by Crippen LogP contribution is 2.20. The quantitative estimate of drug-likeness (QED) is 0.757. The van der Waals surface area contributed by atoms with Crippen LogP contribution in [0.2, 0.25) is 0 Å². The number of carbonyl (C=O) groups excluding carboxylic acids is 1. The minimum absolute atomic E-state index is 0.0524. The largest absolute Gasteiger partial charge is 0.496 e. The highest BCUT2D eigenvalue weighted by Gasteiger charge is 2.09. The first-order valence-corrected chi connectivity index (χ1v) is 6.17. The van der Waals surface area contributed by atoms with Crippen molar-refractivity contribution in [1.82, 2.24) is 5.32 Å². The van der Waals surface area contributed by atoms with E-state index in [-0.39, 0.29) is 5.91 Å². The van der Waals surface area contributed by atoms with Crippen molar-refractivity contribution >= 4 is 5.91 Å². The lowest BCUT2D eigenvalue weighted by atomic mass is 10.1. The summed E-state index contributed by atoms with van der Waals surface area (Å²) in [6, 6.07) is 5.37. The molecule has 0 saturated heterocycles. The molecule has 0 aromatic heterocycles. The minimum atomic E-state index is -0.0524. The molecule has 1 aromatic rings. The summed E-state index contributed by atoms with van der Waals surface area (Å²) < 4.78 is 10.3. The van der Waals surface area contributed by atoms with Crippen molar-refractivity contribution in [3.05, 3.63) is 29.3 Å². The van der Waals surface area contributed by atoms with Crippen molar-refractivity contribution in [1.29, 1.82) is 0 Å². The van der Waals surface area contributed by atoms with E-state index in [2.05, 4.69) is 12.2 Å². The van der Waals surface area contributed by atoms with Crippen molar-refractivity contribution in [2.75, 3.05) is 20.8 Å². The topological polar surface area (TPSA) is 47.6 Å². The molecule has 0 fully saturated rings. The van der Waals surface area contributed by atoms with Crippen molar-refractivity contribution in [3.63, 3.8) is 0 Å². The predicted molar refractivity (Wildman–Crippen MR) is 70.9 cm³/mol. The van der Waals surface area contributed by atoms with Crippen molar-refractivity contribution < 1.29 is 14.3 Å². The summed E-state index contributed by atoms with van der Waals surface area (Å²) in [4.78, 5) is 11.9. The molecule has 1 N–H and O–H groups in total. The third-order valence-corrected chi connectivity index (χ3v) is 2.66. The zero-order valence-corrected chi connectivity index (χ0v) is 11.3. The Kier molecular flexibility index (Phi) is 6.22. The van der Waals surface area contributed by atoms with Crippen LogP contribution in [0.1, 0.15) is 35.7 Å². The summed E-state index contributed by atoms with van der Waals surface area (Å²) >= 11 is 0. The lowest BCUT2D eigenvalue weighted by Gasteiger charge is -2.10. The zero-order valence-electron chi connectivity index (χ0n) is 11.3. The van der Waals surface area contributed by atoms with Crippen LogP contribution in [0.4, 0.5) is 0 Å². The van der Waals surface area contributed by atoms with E-state index in [0.29, 0.717) is 18.7 Å². The molecule has 0 unspecified atom stereocenters. The first-order chi connectivity index (χ1) is 8.72. The number of hydrogen-bond donors (Lipinski definition) is 1. The van der Waals surface area contributed by atoms with Gasteiger partial charge in [0.2, 0.25) is 0 Å². The van der Waals surface area contributed by atoms with Gasteiger partial charge in [-0.3, -0.25) is 4.79 Å². The average molecular weight is 251 g/mol. The smallest absolute Gasteiger partial charge is 0.251 e.